The Balaban J connectivity index is 1.61. The predicted molar refractivity (Wildman–Crippen MR) is 150 cm³/mol. The number of aryl methyl sites for hydroxylation is 4. The highest BCUT2D eigenvalue weighted by Gasteiger charge is 2.10. The third-order valence-corrected chi connectivity index (χ3v) is 6.84. The first-order valence-corrected chi connectivity index (χ1v) is 13.2. The number of amides is 2. The molecular formula is C32H40N2O2. The molecular weight excluding hydrogens is 444 g/mol. The van der Waals surface area contributed by atoms with Crippen LogP contribution in [0.25, 0.3) is 0 Å². The van der Waals surface area contributed by atoms with Crippen LogP contribution in [0.1, 0.15) is 88.8 Å². The van der Waals surface area contributed by atoms with E-state index in [2.05, 4.69) is 74.7 Å². The SMILES string of the molecule is CCCCCc1cc(C)c(C)cc1NC(=O)NCc1ccc(Cc2cccc(C(=O)CC)c2)c(C)c1. The molecule has 4 heteroatoms. The van der Waals surface area contributed by atoms with Crippen LogP contribution in [0.3, 0.4) is 0 Å². The van der Waals surface area contributed by atoms with Crippen molar-refractivity contribution in [2.24, 2.45) is 0 Å². The van der Waals surface area contributed by atoms with Crippen molar-refractivity contribution in [2.45, 2.75) is 79.7 Å². The highest BCUT2D eigenvalue weighted by atomic mass is 16.2. The van der Waals surface area contributed by atoms with Gasteiger partial charge in [-0.2, -0.15) is 0 Å². The van der Waals surface area contributed by atoms with Gasteiger partial charge in [-0.05, 0) is 91.1 Å². The first kappa shape index (κ1) is 27.2. The topological polar surface area (TPSA) is 58.2 Å². The van der Waals surface area contributed by atoms with Crippen LogP contribution in [0.4, 0.5) is 10.5 Å². The summed E-state index contributed by atoms with van der Waals surface area (Å²) in [5.74, 6) is 0.169. The average Bonchev–Trinajstić information content (AvgIpc) is 2.87. The summed E-state index contributed by atoms with van der Waals surface area (Å²) in [6.07, 6.45) is 5.76. The Morgan fingerprint density at radius 1 is 0.778 bits per heavy atom. The number of carbonyl (C=O) groups excluding carboxylic acids is 2. The van der Waals surface area contributed by atoms with Crippen molar-refractivity contribution < 1.29 is 9.59 Å². The van der Waals surface area contributed by atoms with Gasteiger partial charge in [0.1, 0.15) is 0 Å². The summed E-state index contributed by atoms with van der Waals surface area (Å²) in [6, 6.07) is 18.3. The second kappa shape index (κ2) is 13.1. The number of benzene rings is 3. The van der Waals surface area contributed by atoms with Crippen LogP contribution < -0.4 is 10.6 Å². The molecule has 0 aliphatic rings. The Kier molecular flexibility index (Phi) is 9.86. The fourth-order valence-electron chi connectivity index (χ4n) is 4.46. The molecule has 36 heavy (non-hydrogen) atoms. The van der Waals surface area contributed by atoms with Gasteiger partial charge in [-0.1, -0.05) is 69.2 Å². The lowest BCUT2D eigenvalue weighted by molar-refractivity contribution is 0.0988. The summed E-state index contributed by atoms with van der Waals surface area (Å²) in [6.45, 7) is 10.8. The fourth-order valence-corrected chi connectivity index (χ4v) is 4.46. The number of hydrogen-bond donors (Lipinski definition) is 2. The quantitative estimate of drug-likeness (QED) is 0.215. The van der Waals surface area contributed by atoms with E-state index in [0.717, 1.165) is 41.6 Å². The molecule has 3 rings (SSSR count). The fraction of sp³-hybridized carbons (Fsp3) is 0.375. The number of nitrogens with one attached hydrogen (secondary N) is 2. The van der Waals surface area contributed by atoms with E-state index in [4.69, 9.17) is 0 Å². The molecule has 190 valence electrons. The molecule has 0 aliphatic carbocycles. The zero-order valence-corrected chi connectivity index (χ0v) is 22.5. The number of hydrogen-bond acceptors (Lipinski definition) is 2. The first-order valence-electron chi connectivity index (χ1n) is 13.2. The number of Topliss-reactive ketones (excluding diaryl/α,β-unsaturated/α-hetero) is 1. The molecule has 0 aliphatic heterocycles. The van der Waals surface area contributed by atoms with Gasteiger partial charge in [-0.15, -0.1) is 0 Å². The Hall–Kier alpha value is -3.40. The van der Waals surface area contributed by atoms with Crippen molar-refractivity contribution in [3.8, 4) is 0 Å². The zero-order chi connectivity index (χ0) is 26.1. The maximum absolute atomic E-state index is 12.7. The molecule has 0 aromatic heterocycles. The molecule has 0 spiro atoms. The number of unbranched alkanes of at least 4 members (excludes halogenated alkanes) is 2. The minimum absolute atomic E-state index is 0.169. The predicted octanol–water partition coefficient (Wildman–Crippen LogP) is 7.85. The van der Waals surface area contributed by atoms with E-state index in [-0.39, 0.29) is 11.8 Å². The van der Waals surface area contributed by atoms with Crippen LogP contribution in [0.5, 0.6) is 0 Å². The third-order valence-electron chi connectivity index (χ3n) is 6.84. The summed E-state index contributed by atoms with van der Waals surface area (Å²) in [5, 5.41) is 6.09. The van der Waals surface area contributed by atoms with Gasteiger partial charge < -0.3 is 10.6 Å². The maximum Gasteiger partial charge on any atom is 0.319 e. The second-order valence-electron chi connectivity index (χ2n) is 9.77. The van der Waals surface area contributed by atoms with Gasteiger partial charge in [0, 0.05) is 24.2 Å². The Bertz CT molecular complexity index is 1210. The van der Waals surface area contributed by atoms with Crippen LogP contribution in [-0.4, -0.2) is 11.8 Å². The molecule has 0 unspecified atom stereocenters. The van der Waals surface area contributed by atoms with Crippen molar-refractivity contribution in [3.05, 3.63) is 99.1 Å². The molecule has 0 fully saturated rings. The molecule has 3 aromatic rings. The summed E-state index contributed by atoms with van der Waals surface area (Å²) in [7, 11) is 0. The van der Waals surface area contributed by atoms with Gasteiger partial charge >= 0.3 is 6.03 Å². The minimum Gasteiger partial charge on any atom is -0.334 e. The third kappa shape index (κ3) is 7.55. The number of urea groups is 1. The second-order valence-corrected chi connectivity index (χ2v) is 9.77. The molecule has 2 N–H and O–H groups in total. The van der Waals surface area contributed by atoms with E-state index in [1.54, 1.807) is 0 Å². The molecule has 0 saturated carbocycles. The zero-order valence-electron chi connectivity index (χ0n) is 22.5. The van der Waals surface area contributed by atoms with E-state index in [9.17, 15) is 9.59 Å². The minimum atomic E-state index is -0.186. The van der Waals surface area contributed by atoms with E-state index in [1.807, 2.05) is 25.1 Å². The van der Waals surface area contributed by atoms with Crippen LogP contribution in [0.15, 0.2) is 54.6 Å². The van der Waals surface area contributed by atoms with E-state index in [0.29, 0.717) is 13.0 Å². The summed E-state index contributed by atoms with van der Waals surface area (Å²) >= 11 is 0. The highest BCUT2D eigenvalue weighted by molar-refractivity contribution is 5.96. The Morgan fingerprint density at radius 3 is 2.28 bits per heavy atom. The van der Waals surface area contributed by atoms with Crippen molar-refractivity contribution in [2.75, 3.05) is 5.32 Å². The Labute approximate surface area is 216 Å². The molecule has 0 heterocycles. The first-order chi connectivity index (χ1) is 17.3. The standard InChI is InChI=1S/C32H40N2O2/c1-6-8-9-12-28-17-22(3)23(4)18-30(28)34-32(36)33-21-26-14-15-27(24(5)16-26)19-25-11-10-13-29(20-25)31(35)7-2/h10-11,13-18,20H,6-9,12,19,21H2,1-5H3,(H2,33,34,36). The van der Waals surface area contributed by atoms with Gasteiger partial charge in [-0.3, -0.25) is 4.79 Å². The van der Waals surface area contributed by atoms with Gasteiger partial charge in [-0.25, -0.2) is 4.79 Å². The molecule has 4 nitrogen and oxygen atoms in total. The van der Waals surface area contributed by atoms with Gasteiger partial charge in [0.2, 0.25) is 0 Å². The van der Waals surface area contributed by atoms with Gasteiger partial charge in [0.25, 0.3) is 0 Å². The van der Waals surface area contributed by atoms with Crippen molar-refractivity contribution >= 4 is 17.5 Å². The summed E-state index contributed by atoms with van der Waals surface area (Å²) in [4.78, 5) is 24.8. The van der Waals surface area contributed by atoms with Crippen LogP contribution in [0.2, 0.25) is 0 Å². The highest BCUT2D eigenvalue weighted by Crippen LogP contribution is 2.23. The molecule has 0 saturated heterocycles. The average molecular weight is 485 g/mol. The number of anilines is 1. The molecule has 0 bridgehead atoms. The summed E-state index contributed by atoms with van der Waals surface area (Å²) in [5.41, 5.74) is 9.90. The molecule has 2 amide bonds. The molecule has 3 aromatic carbocycles. The van der Waals surface area contributed by atoms with Crippen molar-refractivity contribution in [1.82, 2.24) is 5.32 Å². The maximum atomic E-state index is 12.7. The summed E-state index contributed by atoms with van der Waals surface area (Å²) < 4.78 is 0. The van der Waals surface area contributed by atoms with Crippen LogP contribution in [0, 0.1) is 20.8 Å². The molecule has 0 atom stereocenters. The van der Waals surface area contributed by atoms with Crippen molar-refractivity contribution in [3.63, 3.8) is 0 Å². The number of carbonyl (C=O) groups is 2. The lowest BCUT2D eigenvalue weighted by Crippen LogP contribution is -2.28. The lowest BCUT2D eigenvalue weighted by Gasteiger charge is -2.15. The lowest BCUT2D eigenvalue weighted by atomic mass is 9.96. The smallest absolute Gasteiger partial charge is 0.319 e. The van der Waals surface area contributed by atoms with Crippen molar-refractivity contribution in [1.29, 1.82) is 0 Å². The van der Waals surface area contributed by atoms with E-state index in [1.165, 1.54) is 40.7 Å². The normalized spacial score (nSPS) is 10.8. The van der Waals surface area contributed by atoms with Gasteiger partial charge in [0.05, 0.1) is 0 Å². The van der Waals surface area contributed by atoms with E-state index < -0.39 is 0 Å². The van der Waals surface area contributed by atoms with Crippen LogP contribution >= 0.6 is 0 Å². The number of ketones is 1. The Morgan fingerprint density at radius 2 is 1.56 bits per heavy atom. The monoisotopic (exact) mass is 484 g/mol. The van der Waals surface area contributed by atoms with E-state index >= 15 is 0 Å². The largest absolute Gasteiger partial charge is 0.334 e. The molecule has 0 radical (unpaired) electrons. The van der Waals surface area contributed by atoms with Gasteiger partial charge in [0.15, 0.2) is 5.78 Å². The number of rotatable bonds is 11. The van der Waals surface area contributed by atoms with Crippen LogP contribution in [-0.2, 0) is 19.4 Å².